The van der Waals surface area contributed by atoms with Gasteiger partial charge in [-0.15, -0.1) is 0 Å². The first-order chi connectivity index (χ1) is 17.3. The Hall–Kier alpha value is -1.04. The predicted octanol–water partition coefficient (Wildman–Crippen LogP) is 1.82. The molecule has 0 bridgehead atoms. The highest BCUT2D eigenvalue weighted by atomic mass is 127. The van der Waals surface area contributed by atoms with E-state index in [1.807, 2.05) is 11.0 Å². The van der Waals surface area contributed by atoms with Crippen LogP contribution in [0.25, 0.3) is 9.66 Å². The van der Waals surface area contributed by atoms with E-state index in [1.165, 1.54) is 0 Å². The molecule has 0 radical (unpaired) electrons. The van der Waals surface area contributed by atoms with E-state index in [0.717, 1.165) is 22.8 Å². The molecule has 3 heterocycles. The number of piperazine rings is 1. The molecular weight excluding hydrogens is 801 g/mol. The average Bonchev–Trinajstić information content (AvgIpc) is 2.89. The molecule has 1 fully saturated rings. The van der Waals surface area contributed by atoms with Crippen LogP contribution < -0.4 is 26.7 Å². The highest BCUT2D eigenvalue weighted by Gasteiger charge is 2.33. The molecule has 0 saturated carbocycles. The van der Waals surface area contributed by atoms with Gasteiger partial charge in [0.2, 0.25) is 11.9 Å². The number of nitrogens with zero attached hydrogens (tertiary/aromatic N) is 5. The van der Waals surface area contributed by atoms with Gasteiger partial charge in [0.05, 0.1) is 16.5 Å². The van der Waals surface area contributed by atoms with Gasteiger partial charge in [-0.05, 0) is 54.3 Å². The lowest BCUT2D eigenvalue weighted by atomic mass is 9.95. The van der Waals surface area contributed by atoms with E-state index >= 15 is 0 Å². The largest absolute Gasteiger partial charge is 0.339 e. The molecule has 3 atom stereocenters. The van der Waals surface area contributed by atoms with Crippen molar-refractivity contribution in [1.29, 1.82) is 0 Å². The van der Waals surface area contributed by atoms with Crippen LogP contribution in [0.5, 0.6) is 0 Å². The molecule has 0 spiro atoms. The Bertz CT molecular complexity index is 1320. The number of aromatic nitrogens is 4. The quantitative estimate of drug-likeness (QED) is 0.322. The lowest BCUT2D eigenvalue weighted by molar-refractivity contribution is -0.136. The standard InChI is InChI=1S/C24H29I3N6O3/c1-2-17(26)16(22(35)31-9-11-32(12-10-31)23-28-7-4-8-29-23)13-15(25)14-33-19-6-3-5-18(27)20(19)21(34)30-24(33)36/h4,6-8,15-17H,2-3,5,9-14H2,1H3,(H,30,34,36). The fourth-order valence-electron chi connectivity index (χ4n) is 4.76. The third kappa shape index (κ3) is 6.32. The molecule has 194 valence electrons. The number of halogens is 3. The molecule has 2 aromatic rings. The third-order valence-corrected chi connectivity index (χ3v) is 10.4. The second-order valence-electron chi connectivity index (χ2n) is 9.00. The second-order valence-corrected chi connectivity index (χ2v) is 13.7. The van der Waals surface area contributed by atoms with Gasteiger partial charge in [0.25, 0.3) is 5.56 Å². The predicted molar refractivity (Wildman–Crippen MR) is 167 cm³/mol. The number of fused-ring (bicyclic) bond motifs is 1. The van der Waals surface area contributed by atoms with Crippen molar-refractivity contribution < 1.29 is 4.79 Å². The van der Waals surface area contributed by atoms with Crippen molar-refractivity contribution in [1.82, 2.24) is 24.4 Å². The third-order valence-electron chi connectivity index (χ3n) is 6.67. The van der Waals surface area contributed by atoms with E-state index in [1.54, 1.807) is 23.0 Å². The first-order valence-corrected chi connectivity index (χ1v) is 15.7. The lowest BCUT2D eigenvalue weighted by Crippen LogP contribution is -2.56. The lowest BCUT2D eigenvalue weighted by Gasteiger charge is -2.37. The fourth-order valence-corrected chi connectivity index (χ4v) is 7.13. The Morgan fingerprint density at radius 3 is 2.50 bits per heavy atom. The van der Waals surface area contributed by atoms with Crippen molar-refractivity contribution in [2.45, 2.75) is 47.0 Å². The molecule has 4 rings (SSSR count). The van der Waals surface area contributed by atoms with Gasteiger partial charge in [-0.25, -0.2) is 14.8 Å². The maximum absolute atomic E-state index is 13.7. The zero-order valence-electron chi connectivity index (χ0n) is 20.0. The molecule has 12 heteroatoms. The number of carbonyl (C=O) groups excluding carboxylic acids is 1. The van der Waals surface area contributed by atoms with Crippen molar-refractivity contribution in [3.05, 3.63) is 49.9 Å². The minimum atomic E-state index is -0.383. The van der Waals surface area contributed by atoms with Gasteiger partial charge in [0, 0.05) is 56.5 Å². The zero-order valence-corrected chi connectivity index (χ0v) is 26.5. The topological polar surface area (TPSA) is 104 Å². The summed E-state index contributed by atoms with van der Waals surface area (Å²) in [4.78, 5) is 54.1. The number of nitrogens with one attached hydrogen (secondary N) is 1. The Labute approximate surface area is 250 Å². The first-order valence-electron chi connectivity index (χ1n) is 12.1. The van der Waals surface area contributed by atoms with Gasteiger partial charge >= 0.3 is 5.69 Å². The van der Waals surface area contributed by atoms with E-state index in [4.69, 9.17) is 0 Å². The van der Waals surface area contributed by atoms with Crippen LogP contribution in [-0.4, -0.2) is 64.4 Å². The van der Waals surface area contributed by atoms with Gasteiger partial charge < -0.3 is 9.80 Å². The van der Waals surface area contributed by atoms with E-state index in [9.17, 15) is 14.4 Å². The van der Waals surface area contributed by atoms with Crippen LogP contribution in [-0.2, 0) is 11.3 Å². The minimum absolute atomic E-state index is 0.0556. The fraction of sp³-hybridized carbons (Fsp3) is 0.542. The maximum atomic E-state index is 13.7. The van der Waals surface area contributed by atoms with Gasteiger partial charge in [-0.1, -0.05) is 58.2 Å². The van der Waals surface area contributed by atoms with E-state index in [-0.39, 0.29) is 30.9 Å². The summed E-state index contributed by atoms with van der Waals surface area (Å²) in [5.41, 5.74) is -0.700. The number of anilines is 1. The normalized spacial score (nSPS) is 18.3. The molecule has 2 aliphatic rings. The van der Waals surface area contributed by atoms with Crippen LogP contribution in [0.15, 0.2) is 28.0 Å². The van der Waals surface area contributed by atoms with Crippen LogP contribution in [0.1, 0.15) is 32.6 Å². The molecule has 2 aromatic heterocycles. The summed E-state index contributed by atoms with van der Waals surface area (Å²) in [6.45, 7) is 5.26. The maximum Gasteiger partial charge on any atom is 0.328 e. The Morgan fingerprint density at radius 1 is 1.14 bits per heavy atom. The number of hydrogen-bond donors (Lipinski definition) is 1. The van der Waals surface area contributed by atoms with Crippen LogP contribution in [0, 0.1) is 5.92 Å². The molecule has 1 amide bonds. The van der Waals surface area contributed by atoms with Gasteiger partial charge in [-0.3, -0.25) is 19.1 Å². The van der Waals surface area contributed by atoms with Crippen molar-refractivity contribution in [3.8, 4) is 0 Å². The SMILES string of the molecule is CCC(I)C(CC(I)Cn1c(=O)[nH]c(=O)c2c1=CCCC=2I)C(=O)N1CCN(c2ncccn2)CC1. The Kier molecular flexibility index (Phi) is 9.85. The molecule has 1 saturated heterocycles. The molecule has 1 N–H and O–H groups in total. The second kappa shape index (κ2) is 12.7. The smallest absolute Gasteiger partial charge is 0.328 e. The number of carbonyl (C=O) groups is 1. The molecule has 1 aliphatic heterocycles. The minimum Gasteiger partial charge on any atom is -0.339 e. The van der Waals surface area contributed by atoms with Crippen LogP contribution in [0.3, 0.4) is 0 Å². The summed E-state index contributed by atoms with van der Waals surface area (Å²) >= 11 is 6.96. The number of H-pyrrole nitrogens is 1. The summed E-state index contributed by atoms with van der Waals surface area (Å²) in [5.74, 6) is 0.742. The van der Waals surface area contributed by atoms with E-state index < -0.39 is 0 Å². The van der Waals surface area contributed by atoms with Crippen molar-refractivity contribution in [2.75, 3.05) is 31.1 Å². The summed E-state index contributed by atoms with van der Waals surface area (Å²) in [5, 5.41) is 1.32. The van der Waals surface area contributed by atoms with Crippen LogP contribution >= 0.6 is 67.8 Å². The van der Waals surface area contributed by atoms with E-state index in [2.05, 4.69) is 94.5 Å². The average molecular weight is 830 g/mol. The number of amides is 1. The van der Waals surface area contributed by atoms with Crippen molar-refractivity contribution in [3.63, 3.8) is 0 Å². The highest BCUT2D eigenvalue weighted by molar-refractivity contribution is 14.1. The molecule has 36 heavy (non-hydrogen) atoms. The monoisotopic (exact) mass is 830 g/mol. The molecule has 0 aromatic carbocycles. The van der Waals surface area contributed by atoms with Crippen molar-refractivity contribution in [2.24, 2.45) is 5.92 Å². The summed E-state index contributed by atoms with van der Waals surface area (Å²) in [6, 6.07) is 1.80. The summed E-state index contributed by atoms with van der Waals surface area (Å²) in [7, 11) is 0. The first kappa shape index (κ1) is 28.0. The van der Waals surface area contributed by atoms with Crippen LogP contribution in [0.2, 0.25) is 0 Å². The number of aromatic amines is 1. The molecule has 3 unspecified atom stereocenters. The number of alkyl halides is 2. The van der Waals surface area contributed by atoms with Gasteiger partial charge in [0.1, 0.15) is 0 Å². The summed E-state index contributed by atoms with van der Waals surface area (Å²) < 4.78 is 2.92. The summed E-state index contributed by atoms with van der Waals surface area (Å²) in [6.07, 6.45) is 8.66. The number of hydrogen-bond acceptors (Lipinski definition) is 6. The zero-order chi connectivity index (χ0) is 25.8. The van der Waals surface area contributed by atoms with Crippen molar-refractivity contribution >= 4 is 89.3 Å². The van der Waals surface area contributed by atoms with Crippen LogP contribution in [0.4, 0.5) is 5.95 Å². The van der Waals surface area contributed by atoms with Gasteiger partial charge in [0.15, 0.2) is 0 Å². The van der Waals surface area contributed by atoms with E-state index in [0.29, 0.717) is 55.7 Å². The Balaban J connectivity index is 1.48. The molecule has 9 nitrogen and oxygen atoms in total. The number of rotatable bonds is 8. The highest BCUT2D eigenvalue weighted by Crippen LogP contribution is 2.28. The Morgan fingerprint density at radius 2 is 1.83 bits per heavy atom. The molecular formula is C24H29I3N6O3. The van der Waals surface area contributed by atoms with Gasteiger partial charge in [-0.2, -0.15) is 0 Å². The molecule has 1 aliphatic carbocycles.